The summed E-state index contributed by atoms with van der Waals surface area (Å²) in [5.41, 5.74) is 7.95. The van der Waals surface area contributed by atoms with Crippen LogP contribution in [0.4, 0.5) is 4.39 Å². The molecule has 0 spiro atoms. The quantitative estimate of drug-likeness (QED) is 0.798. The molecular weight excluding hydrogens is 380 g/mol. The van der Waals surface area contributed by atoms with Crippen molar-refractivity contribution in [3.05, 3.63) is 61.9 Å². The molecular formula is C14H12ClFINO. The van der Waals surface area contributed by atoms with Gasteiger partial charge in [0.05, 0.1) is 18.2 Å². The monoisotopic (exact) mass is 391 g/mol. The molecule has 0 radical (unpaired) electrons. The van der Waals surface area contributed by atoms with Gasteiger partial charge in [-0.1, -0.05) is 23.7 Å². The molecule has 0 bridgehead atoms. The number of hydrogen-bond donors (Lipinski definition) is 1. The van der Waals surface area contributed by atoms with Crippen molar-refractivity contribution in [2.45, 2.75) is 6.04 Å². The highest BCUT2D eigenvalue weighted by atomic mass is 127. The molecule has 2 rings (SSSR count). The first kappa shape index (κ1) is 14.6. The van der Waals surface area contributed by atoms with E-state index in [9.17, 15) is 4.39 Å². The Hall–Kier alpha value is -0.850. The number of ether oxygens (including phenoxy) is 1. The molecule has 1 unspecified atom stereocenters. The maximum absolute atomic E-state index is 13.1. The fourth-order valence-electron chi connectivity index (χ4n) is 1.80. The minimum atomic E-state index is -0.348. The zero-order chi connectivity index (χ0) is 14.0. The van der Waals surface area contributed by atoms with Crippen molar-refractivity contribution >= 4 is 34.2 Å². The van der Waals surface area contributed by atoms with E-state index in [1.807, 2.05) is 6.07 Å². The topological polar surface area (TPSA) is 35.2 Å². The first-order valence-electron chi connectivity index (χ1n) is 5.57. The van der Waals surface area contributed by atoms with Crippen molar-refractivity contribution in [3.8, 4) is 5.75 Å². The Morgan fingerprint density at radius 1 is 1.26 bits per heavy atom. The van der Waals surface area contributed by atoms with E-state index in [2.05, 4.69) is 22.6 Å². The molecule has 2 aromatic carbocycles. The second-order valence-corrected chi connectivity index (χ2v) is 5.61. The molecule has 0 amide bonds. The van der Waals surface area contributed by atoms with Gasteiger partial charge in [0.25, 0.3) is 0 Å². The SMILES string of the molecule is COc1cc(C(N)c2ccc(F)cc2I)ccc1Cl. The van der Waals surface area contributed by atoms with Gasteiger partial charge in [-0.3, -0.25) is 0 Å². The molecule has 1 atom stereocenters. The van der Waals surface area contributed by atoms with E-state index < -0.39 is 0 Å². The molecule has 0 aliphatic heterocycles. The third-order valence-electron chi connectivity index (χ3n) is 2.83. The Labute approximate surface area is 129 Å². The number of nitrogens with two attached hydrogens (primary N) is 1. The average Bonchev–Trinajstić information content (AvgIpc) is 2.38. The first-order chi connectivity index (χ1) is 9.02. The van der Waals surface area contributed by atoms with Crippen LogP contribution in [0.1, 0.15) is 17.2 Å². The van der Waals surface area contributed by atoms with E-state index in [0.29, 0.717) is 10.8 Å². The van der Waals surface area contributed by atoms with Gasteiger partial charge in [0, 0.05) is 3.57 Å². The Morgan fingerprint density at radius 3 is 2.63 bits per heavy atom. The number of methoxy groups -OCH3 is 1. The van der Waals surface area contributed by atoms with Crippen LogP contribution in [0.2, 0.25) is 5.02 Å². The predicted molar refractivity (Wildman–Crippen MR) is 83.2 cm³/mol. The van der Waals surface area contributed by atoms with Gasteiger partial charge < -0.3 is 10.5 Å². The number of benzene rings is 2. The lowest BCUT2D eigenvalue weighted by Gasteiger charge is -2.16. The summed E-state index contributed by atoms with van der Waals surface area (Å²) in [4.78, 5) is 0. The molecule has 2 nitrogen and oxygen atoms in total. The van der Waals surface area contributed by atoms with Gasteiger partial charge >= 0.3 is 0 Å². The highest BCUT2D eigenvalue weighted by Gasteiger charge is 2.14. The molecule has 0 aromatic heterocycles. The minimum Gasteiger partial charge on any atom is -0.495 e. The minimum absolute atomic E-state index is 0.269. The van der Waals surface area contributed by atoms with Crippen LogP contribution in [0.15, 0.2) is 36.4 Å². The third kappa shape index (κ3) is 3.19. The van der Waals surface area contributed by atoms with Crippen molar-refractivity contribution in [1.82, 2.24) is 0 Å². The Balaban J connectivity index is 2.40. The number of rotatable bonds is 3. The number of halogens is 3. The molecule has 19 heavy (non-hydrogen) atoms. The van der Waals surface area contributed by atoms with E-state index in [1.165, 1.54) is 12.1 Å². The van der Waals surface area contributed by atoms with Crippen molar-refractivity contribution in [1.29, 1.82) is 0 Å². The summed E-state index contributed by atoms with van der Waals surface area (Å²) in [6.07, 6.45) is 0. The lowest BCUT2D eigenvalue weighted by atomic mass is 9.99. The Kier molecular flexibility index (Phi) is 4.65. The molecule has 0 aliphatic rings. The summed E-state index contributed by atoms with van der Waals surface area (Å²) in [7, 11) is 1.55. The van der Waals surface area contributed by atoms with Crippen LogP contribution in [-0.2, 0) is 0 Å². The lowest BCUT2D eigenvalue weighted by Crippen LogP contribution is -2.13. The maximum atomic E-state index is 13.1. The third-order valence-corrected chi connectivity index (χ3v) is 4.08. The van der Waals surface area contributed by atoms with Crippen LogP contribution in [0, 0.1) is 9.39 Å². The van der Waals surface area contributed by atoms with Gasteiger partial charge in [0.2, 0.25) is 0 Å². The van der Waals surface area contributed by atoms with Gasteiger partial charge in [0.1, 0.15) is 11.6 Å². The molecule has 0 heterocycles. The second kappa shape index (κ2) is 6.07. The first-order valence-corrected chi connectivity index (χ1v) is 7.02. The summed E-state index contributed by atoms with van der Waals surface area (Å²) in [6.45, 7) is 0. The normalized spacial score (nSPS) is 12.3. The molecule has 0 aliphatic carbocycles. The largest absolute Gasteiger partial charge is 0.495 e. The predicted octanol–water partition coefficient (Wildman–Crippen LogP) is 4.14. The summed E-state index contributed by atoms with van der Waals surface area (Å²) in [5.74, 6) is 0.306. The van der Waals surface area contributed by atoms with Crippen LogP contribution >= 0.6 is 34.2 Å². The van der Waals surface area contributed by atoms with Crippen LogP contribution in [0.3, 0.4) is 0 Å². The molecule has 5 heteroatoms. The summed E-state index contributed by atoms with van der Waals surface area (Å²) >= 11 is 8.06. The van der Waals surface area contributed by atoms with Gasteiger partial charge in [-0.05, 0) is 58.0 Å². The zero-order valence-corrected chi connectivity index (χ0v) is 13.1. The zero-order valence-electron chi connectivity index (χ0n) is 10.2. The lowest BCUT2D eigenvalue weighted by molar-refractivity contribution is 0.414. The molecule has 2 N–H and O–H groups in total. The van der Waals surface area contributed by atoms with Gasteiger partial charge in [-0.2, -0.15) is 0 Å². The van der Waals surface area contributed by atoms with Crippen LogP contribution < -0.4 is 10.5 Å². The van der Waals surface area contributed by atoms with Crippen molar-refractivity contribution in [2.75, 3.05) is 7.11 Å². The summed E-state index contributed by atoms with van der Waals surface area (Å²) < 4.78 is 19.1. The molecule has 100 valence electrons. The Bertz CT molecular complexity index is 606. The standard InChI is InChI=1S/C14H12ClFINO/c1-19-13-6-8(2-5-11(13)15)14(18)10-4-3-9(16)7-12(10)17/h2-7,14H,18H2,1H3. The fourth-order valence-corrected chi connectivity index (χ4v) is 2.81. The summed E-state index contributed by atoms with van der Waals surface area (Å²) in [6, 6.07) is 9.60. The van der Waals surface area contributed by atoms with Crippen molar-refractivity contribution in [3.63, 3.8) is 0 Å². The van der Waals surface area contributed by atoms with Gasteiger partial charge in [0.15, 0.2) is 0 Å². The van der Waals surface area contributed by atoms with E-state index in [4.69, 9.17) is 22.1 Å². The van der Waals surface area contributed by atoms with Crippen LogP contribution in [0.5, 0.6) is 5.75 Å². The maximum Gasteiger partial charge on any atom is 0.137 e. The highest BCUT2D eigenvalue weighted by Crippen LogP contribution is 2.31. The van der Waals surface area contributed by atoms with E-state index >= 15 is 0 Å². The average molecular weight is 392 g/mol. The fraction of sp³-hybridized carbons (Fsp3) is 0.143. The smallest absolute Gasteiger partial charge is 0.137 e. The van der Waals surface area contributed by atoms with Crippen molar-refractivity contribution in [2.24, 2.45) is 5.73 Å². The van der Waals surface area contributed by atoms with E-state index in [-0.39, 0.29) is 11.9 Å². The summed E-state index contributed by atoms with van der Waals surface area (Å²) in [5, 5.41) is 0.534. The molecule has 2 aromatic rings. The highest BCUT2D eigenvalue weighted by molar-refractivity contribution is 14.1. The van der Waals surface area contributed by atoms with Crippen LogP contribution in [-0.4, -0.2) is 7.11 Å². The van der Waals surface area contributed by atoms with E-state index in [1.54, 1.807) is 25.3 Å². The number of hydrogen-bond acceptors (Lipinski definition) is 2. The van der Waals surface area contributed by atoms with Crippen molar-refractivity contribution < 1.29 is 9.13 Å². The van der Waals surface area contributed by atoms with Crippen LogP contribution in [0.25, 0.3) is 0 Å². The van der Waals surface area contributed by atoms with Gasteiger partial charge in [-0.15, -0.1) is 0 Å². The second-order valence-electron chi connectivity index (χ2n) is 4.04. The molecule has 0 saturated carbocycles. The van der Waals surface area contributed by atoms with Gasteiger partial charge in [-0.25, -0.2) is 4.39 Å². The molecule has 0 fully saturated rings. The van der Waals surface area contributed by atoms with E-state index in [0.717, 1.165) is 14.7 Å². The molecule has 0 saturated heterocycles. The Morgan fingerprint density at radius 2 is 2.00 bits per heavy atom.